The highest BCUT2D eigenvalue weighted by molar-refractivity contribution is 6.27. The summed E-state index contributed by atoms with van der Waals surface area (Å²) in [7, 11) is 5.28. The van der Waals surface area contributed by atoms with Crippen molar-refractivity contribution in [1.29, 1.82) is 0 Å². The number of hydrogen-bond donors (Lipinski definition) is 0. The lowest BCUT2D eigenvalue weighted by Crippen LogP contribution is -2.27. The molecule has 1 unspecified atom stereocenters. The number of imide groups is 1. The topological polar surface area (TPSA) is 37.4 Å². The zero-order valence-corrected chi connectivity index (χ0v) is 8.66. The molecule has 1 heterocycles. The molecule has 0 aromatic carbocycles. The minimum atomic E-state index is -0.240. The van der Waals surface area contributed by atoms with Crippen molar-refractivity contribution in [3.63, 3.8) is 0 Å². The molecule has 0 spiro atoms. The molecule has 1 aliphatic heterocycles. The Hall–Kier alpha value is -0.795. The predicted molar refractivity (Wildman–Crippen MR) is 54.5 cm³/mol. The normalized spacial score (nSPS) is 22.1. The fourth-order valence-corrected chi connectivity index (χ4v) is 1.76. The van der Waals surface area contributed by atoms with E-state index in [2.05, 4.69) is 6.92 Å². The standard InChI is InChI=1S/C10H16BNO2/c1-2-3-4-5-6-8-7-9(13)12(11)10(8)14/h8H,2-7H2,1H3. The molecule has 0 aliphatic carbocycles. The maximum atomic E-state index is 11.4. The maximum Gasteiger partial charge on any atom is 0.242 e. The van der Waals surface area contributed by atoms with Gasteiger partial charge >= 0.3 is 0 Å². The van der Waals surface area contributed by atoms with E-state index >= 15 is 0 Å². The molecule has 0 bridgehead atoms. The monoisotopic (exact) mass is 193 g/mol. The number of unbranched alkanes of at least 4 members (excludes halogenated alkanes) is 3. The molecule has 1 atom stereocenters. The van der Waals surface area contributed by atoms with E-state index in [4.69, 9.17) is 7.98 Å². The van der Waals surface area contributed by atoms with E-state index in [1.807, 2.05) is 0 Å². The fourth-order valence-electron chi connectivity index (χ4n) is 1.76. The summed E-state index contributed by atoms with van der Waals surface area (Å²) in [5.41, 5.74) is 0. The zero-order valence-electron chi connectivity index (χ0n) is 8.66. The van der Waals surface area contributed by atoms with Gasteiger partial charge in [-0.1, -0.05) is 32.6 Å². The molecule has 4 heteroatoms. The van der Waals surface area contributed by atoms with Crippen LogP contribution in [0.3, 0.4) is 0 Å². The number of amides is 2. The van der Waals surface area contributed by atoms with Crippen molar-refractivity contribution in [2.45, 2.75) is 45.4 Å². The van der Waals surface area contributed by atoms with Crippen LogP contribution in [-0.4, -0.2) is 24.6 Å². The minimum Gasteiger partial charge on any atom is -0.340 e. The Bertz CT molecular complexity index is 230. The summed E-state index contributed by atoms with van der Waals surface area (Å²) in [6.45, 7) is 2.14. The second-order valence-electron chi connectivity index (χ2n) is 3.85. The molecule has 2 radical (unpaired) electrons. The van der Waals surface area contributed by atoms with Gasteiger partial charge in [0.1, 0.15) is 0 Å². The van der Waals surface area contributed by atoms with Crippen molar-refractivity contribution in [3.8, 4) is 0 Å². The van der Waals surface area contributed by atoms with E-state index in [1.165, 1.54) is 12.8 Å². The molecule has 1 saturated heterocycles. The summed E-state index contributed by atoms with van der Waals surface area (Å²) in [5, 5.41) is 0. The Morgan fingerprint density at radius 3 is 2.57 bits per heavy atom. The average Bonchev–Trinajstić information content (AvgIpc) is 2.41. The second kappa shape index (κ2) is 5.18. The summed E-state index contributed by atoms with van der Waals surface area (Å²) in [6, 6.07) is 0. The summed E-state index contributed by atoms with van der Waals surface area (Å²) in [6.07, 6.45) is 5.64. The van der Waals surface area contributed by atoms with Crippen LogP contribution in [0, 0.1) is 5.92 Å². The maximum absolute atomic E-state index is 11.4. The van der Waals surface area contributed by atoms with Gasteiger partial charge < -0.3 is 4.81 Å². The highest BCUT2D eigenvalue weighted by Gasteiger charge is 2.34. The highest BCUT2D eigenvalue weighted by atomic mass is 16.2. The summed E-state index contributed by atoms with van der Waals surface area (Å²) in [5.74, 6) is -0.591. The van der Waals surface area contributed by atoms with Crippen molar-refractivity contribution in [2.24, 2.45) is 5.92 Å². The van der Waals surface area contributed by atoms with E-state index in [9.17, 15) is 9.59 Å². The van der Waals surface area contributed by atoms with Crippen LogP contribution in [0.25, 0.3) is 0 Å². The molecule has 0 N–H and O–H groups in total. The third kappa shape index (κ3) is 2.60. The molecule has 14 heavy (non-hydrogen) atoms. The first-order valence-electron chi connectivity index (χ1n) is 5.28. The Kier molecular flexibility index (Phi) is 4.17. The van der Waals surface area contributed by atoms with Crippen LogP contribution >= 0.6 is 0 Å². The Labute approximate surface area is 86.3 Å². The molecule has 3 nitrogen and oxygen atoms in total. The van der Waals surface area contributed by atoms with Gasteiger partial charge in [-0.3, -0.25) is 9.59 Å². The zero-order chi connectivity index (χ0) is 10.6. The molecule has 1 fully saturated rings. The summed E-state index contributed by atoms with van der Waals surface area (Å²) in [4.78, 5) is 23.2. The Morgan fingerprint density at radius 2 is 2.07 bits per heavy atom. The number of hydrogen-bond acceptors (Lipinski definition) is 2. The predicted octanol–water partition coefficient (Wildman–Crippen LogP) is 1.42. The third-order valence-corrected chi connectivity index (χ3v) is 2.68. The van der Waals surface area contributed by atoms with Gasteiger partial charge in [-0.25, -0.2) is 0 Å². The van der Waals surface area contributed by atoms with E-state index in [-0.39, 0.29) is 17.7 Å². The first-order chi connectivity index (χ1) is 6.66. The van der Waals surface area contributed by atoms with Gasteiger partial charge in [0, 0.05) is 12.3 Å². The molecular formula is C10H16BNO2. The lowest BCUT2D eigenvalue weighted by atomic mass is 9.99. The van der Waals surface area contributed by atoms with Crippen LogP contribution in [-0.2, 0) is 9.59 Å². The van der Waals surface area contributed by atoms with Crippen LogP contribution in [0.5, 0.6) is 0 Å². The number of carbonyl (C=O) groups excluding carboxylic acids is 2. The second-order valence-corrected chi connectivity index (χ2v) is 3.85. The first-order valence-corrected chi connectivity index (χ1v) is 5.28. The largest absolute Gasteiger partial charge is 0.340 e. The van der Waals surface area contributed by atoms with Gasteiger partial charge in [-0.15, -0.1) is 0 Å². The quantitative estimate of drug-likeness (QED) is 0.376. The lowest BCUT2D eigenvalue weighted by Gasteiger charge is -2.08. The number of nitrogens with zero attached hydrogens (tertiary/aromatic N) is 1. The Balaban J connectivity index is 2.26. The fraction of sp³-hybridized carbons (Fsp3) is 0.800. The van der Waals surface area contributed by atoms with Gasteiger partial charge in [0.05, 0.1) is 0 Å². The van der Waals surface area contributed by atoms with E-state index < -0.39 is 0 Å². The van der Waals surface area contributed by atoms with Gasteiger partial charge in [-0.2, -0.15) is 0 Å². The van der Waals surface area contributed by atoms with E-state index in [1.54, 1.807) is 0 Å². The van der Waals surface area contributed by atoms with Crippen molar-refractivity contribution in [2.75, 3.05) is 0 Å². The highest BCUT2D eigenvalue weighted by Crippen LogP contribution is 2.23. The van der Waals surface area contributed by atoms with E-state index in [0.29, 0.717) is 6.42 Å². The number of carbonyl (C=O) groups is 2. The molecule has 0 aromatic heterocycles. The Morgan fingerprint density at radius 1 is 1.36 bits per heavy atom. The number of rotatable bonds is 5. The molecule has 1 aliphatic rings. The van der Waals surface area contributed by atoms with Crippen LogP contribution in [0.4, 0.5) is 0 Å². The van der Waals surface area contributed by atoms with E-state index in [0.717, 1.165) is 24.1 Å². The molecule has 0 saturated carbocycles. The van der Waals surface area contributed by atoms with Crippen LogP contribution < -0.4 is 0 Å². The molecule has 0 aromatic rings. The van der Waals surface area contributed by atoms with Crippen molar-refractivity contribution in [3.05, 3.63) is 0 Å². The molecular weight excluding hydrogens is 177 g/mol. The molecule has 1 rings (SSSR count). The minimum absolute atomic E-state index is 0.149. The molecule has 2 amide bonds. The van der Waals surface area contributed by atoms with Gasteiger partial charge in [0.2, 0.25) is 19.8 Å². The summed E-state index contributed by atoms with van der Waals surface area (Å²) >= 11 is 0. The SMILES string of the molecule is [B]N1C(=O)CC(CCCCCC)C1=O. The van der Waals surface area contributed by atoms with Crippen molar-refractivity contribution >= 4 is 19.8 Å². The van der Waals surface area contributed by atoms with Crippen molar-refractivity contribution in [1.82, 2.24) is 4.81 Å². The van der Waals surface area contributed by atoms with Crippen LogP contribution in [0.1, 0.15) is 45.4 Å². The van der Waals surface area contributed by atoms with Gasteiger partial charge in [0.15, 0.2) is 0 Å². The lowest BCUT2D eigenvalue weighted by molar-refractivity contribution is -0.133. The van der Waals surface area contributed by atoms with Crippen LogP contribution in [0.2, 0.25) is 0 Å². The molecule has 76 valence electrons. The third-order valence-electron chi connectivity index (χ3n) is 2.68. The van der Waals surface area contributed by atoms with Crippen molar-refractivity contribution < 1.29 is 9.59 Å². The van der Waals surface area contributed by atoms with Gasteiger partial charge in [0.25, 0.3) is 0 Å². The van der Waals surface area contributed by atoms with Gasteiger partial charge in [-0.05, 0) is 6.42 Å². The smallest absolute Gasteiger partial charge is 0.242 e. The first kappa shape index (κ1) is 11.3. The average molecular weight is 193 g/mol. The summed E-state index contributed by atoms with van der Waals surface area (Å²) < 4.78 is 0. The van der Waals surface area contributed by atoms with Crippen LogP contribution in [0.15, 0.2) is 0 Å².